The highest BCUT2D eigenvalue weighted by Gasteiger charge is 2.01. The molecular weight excluding hydrogens is 152 g/mol. The lowest BCUT2D eigenvalue weighted by Gasteiger charge is -2.06. The maximum atomic E-state index is 11.2. The van der Waals surface area contributed by atoms with Gasteiger partial charge < -0.3 is 5.11 Å². The third-order valence-electron chi connectivity index (χ3n) is 1.45. The smallest absolute Gasteiger partial charge is 0.165 e. The van der Waals surface area contributed by atoms with Gasteiger partial charge in [0.25, 0.3) is 0 Å². The van der Waals surface area contributed by atoms with Crippen molar-refractivity contribution in [1.29, 1.82) is 0 Å². The van der Waals surface area contributed by atoms with Crippen molar-refractivity contribution in [1.82, 2.24) is 0 Å². The molecule has 0 aliphatic heterocycles. The lowest BCUT2D eigenvalue weighted by molar-refractivity contribution is -0.303. The lowest BCUT2D eigenvalue weighted by atomic mass is 10.1. The molecule has 0 spiro atoms. The van der Waals surface area contributed by atoms with Crippen molar-refractivity contribution in [2.24, 2.45) is 0 Å². The maximum absolute atomic E-state index is 11.2. The third kappa shape index (κ3) is 2.23. The fourth-order valence-electron chi connectivity index (χ4n) is 0.905. The van der Waals surface area contributed by atoms with Gasteiger partial charge in [-0.2, -0.15) is 0 Å². The topological polar surface area (TPSA) is 40.1 Å². The summed E-state index contributed by atoms with van der Waals surface area (Å²) in [5.41, 5.74) is 0.564. The van der Waals surface area contributed by atoms with Crippen LogP contribution >= 0.6 is 0 Å². The first-order valence-corrected chi connectivity index (χ1v) is 3.63. The molecule has 1 aromatic carbocycles. The maximum Gasteiger partial charge on any atom is 0.165 e. The molecule has 12 heavy (non-hydrogen) atoms. The Balaban J connectivity index is 2.73. The molecule has 0 aliphatic carbocycles. The van der Waals surface area contributed by atoms with Gasteiger partial charge in [0.1, 0.15) is 0 Å². The molecule has 0 aromatic heterocycles. The zero-order chi connectivity index (χ0) is 8.97. The average molecular weight is 161 g/mol. The third-order valence-corrected chi connectivity index (χ3v) is 1.45. The van der Waals surface area contributed by atoms with Crippen LogP contribution in [0.15, 0.2) is 42.7 Å². The van der Waals surface area contributed by atoms with Crippen LogP contribution < -0.4 is 5.11 Å². The van der Waals surface area contributed by atoms with Crippen LogP contribution in [-0.2, 0) is 0 Å². The summed E-state index contributed by atoms with van der Waals surface area (Å²) < 4.78 is 0. The van der Waals surface area contributed by atoms with Gasteiger partial charge in [-0.25, -0.2) is 0 Å². The number of hydrogen-bond donors (Lipinski definition) is 0. The van der Waals surface area contributed by atoms with Gasteiger partial charge in [0.2, 0.25) is 0 Å². The molecular formula is C10H9O2-. The van der Waals surface area contributed by atoms with E-state index in [-0.39, 0.29) is 18.0 Å². The Morgan fingerprint density at radius 3 is 2.42 bits per heavy atom. The van der Waals surface area contributed by atoms with Gasteiger partial charge in [-0.3, -0.25) is 4.79 Å². The van der Waals surface area contributed by atoms with E-state index >= 15 is 0 Å². The first kappa shape index (κ1) is 8.53. The highest BCUT2D eigenvalue weighted by Crippen LogP contribution is 2.04. The molecule has 0 saturated carbocycles. The van der Waals surface area contributed by atoms with Gasteiger partial charge in [-0.05, 0) is 0 Å². The molecule has 0 unspecified atom stereocenters. The summed E-state index contributed by atoms with van der Waals surface area (Å²) in [7, 11) is 0. The Labute approximate surface area is 71.2 Å². The second-order valence-electron chi connectivity index (χ2n) is 2.50. The van der Waals surface area contributed by atoms with Crippen LogP contribution in [0.25, 0.3) is 0 Å². The molecule has 0 amide bonds. The van der Waals surface area contributed by atoms with Crippen LogP contribution in [0, 0.1) is 0 Å². The second kappa shape index (κ2) is 3.72. The van der Waals surface area contributed by atoms with Gasteiger partial charge in [0, 0.05) is 12.0 Å². The summed E-state index contributed by atoms with van der Waals surface area (Å²) in [4.78, 5) is 11.2. The predicted octanol–water partition coefficient (Wildman–Crippen LogP) is 1.13. The van der Waals surface area contributed by atoms with Crippen molar-refractivity contribution in [2.75, 3.05) is 0 Å². The molecule has 62 valence electrons. The van der Waals surface area contributed by atoms with E-state index in [9.17, 15) is 9.90 Å². The molecule has 1 aromatic rings. The summed E-state index contributed by atoms with van der Waals surface area (Å²) in [6, 6.07) is 8.72. The van der Waals surface area contributed by atoms with E-state index in [0.29, 0.717) is 5.56 Å². The molecule has 0 aliphatic rings. The molecule has 1 rings (SSSR count). The van der Waals surface area contributed by atoms with E-state index in [4.69, 9.17) is 0 Å². The number of allylic oxidation sites excluding steroid dienone is 1. The monoisotopic (exact) mass is 161 g/mol. The van der Waals surface area contributed by atoms with Crippen LogP contribution in [0.3, 0.4) is 0 Å². The van der Waals surface area contributed by atoms with E-state index in [1.807, 2.05) is 6.07 Å². The van der Waals surface area contributed by atoms with Crippen LogP contribution in [0.1, 0.15) is 16.8 Å². The number of rotatable bonds is 3. The molecule has 0 fully saturated rings. The number of carbonyl (C=O) groups is 1. The van der Waals surface area contributed by atoms with E-state index in [0.717, 1.165) is 0 Å². The molecule has 0 radical (unpaired) electrons. The van der Waals surface area contributed by atoms with E-state index in [1.54, 1.807) is 24.3 Å². The van der Waals surface area contributed by atoms with Crippen molar-refractivity contribution in [3.05, 3.63) is 48.2 Å². The Hall–Kier alpha value is -1.57. The number of hydrogen-bond acceptors (Lipinski definition) is 2. The minimum absolute atomic E-state index is 0.107. The number of Topliss-reactive ketones (excluding diaryl/α,β-unsaturated/α-hetero) is 1. The minimum Gasteiger partial charge on any atom is -0.876 e. The largest absolute Gasteiger partial charge is 0.876 e. The normalized spacial score (nSPS) is 9.33. The Morgan fingerprint density at radius 1 is 1.33 bits per heavy atom. The summed E-state index contributed by atoms with van der Waals surface area (Å²) in [5.74, 6) is -0.514. The summed E-state index contributed by atoms with van der Waals surface area (Å²) in [6.07, 6.45) is -0.107. The van der Waals surface area contributed by atoms with Crippen LogP contribution in [0.2, 0.25) is 0 Å². The van der Waals surface area contributed by atoms with Crippen molar-refractivity contribution in [2.45, 2.75) is 6.42 Å². The molecule has 0 saturated heterocycles. The zero-order valence-corrected chi connectivity index (χ0v) is 6.62. The van der Waals surface area contributed by atoms with Crippen molar-refractivity contribution in [3.8, 4) is 0 Å². The van der Waals surface area contributed by atoms with E-state index < -0.39 is 0 Å². The molecule has 0 bridgehead atoms. The SMILES string of the molecule is C=C([O-])CC(=O)c1ccccc1. The molecule has 2 heteroatoms. The molecule has 2 nitrogen and oxygen atoms in total. The first-order valence-electron chi connectivity index (χ1n) is 3.63. The van der Waals surface area contributed by atoms with Crippen LogP contribution in [-0.4, -0.2) is 5.78 Å². The lowest BCUT2D eigenvalue weighted by Crippen LogP contribution is -2.08. The van der Waals surface area contributed by atoms with Gasteiger partial charge in [-0.15, -0.1) is 12.3 Å². The fourth-order valence-corrected chi connectivity index (χ4v) is 0.905. The number of ketones is 1. The van der Waals surface area contributed by atoms with Crippen molar-refractivity contribution >= 4 is 5.78 Å². The summed E-state index contributed by atoms with van der Waals surface area (Å²) in [6.45, 7) is 3.14. The second-order valence-corrected chi connectivity index (χ2v) is 2.50. The molecule has 0 atom stereocenters. The van der Waals surface area contributed by atoms with Crippen molar-refractivity contribution < 1.29 is 9.90 Å². The Bertz CT molecular complexity index is 288. The highest BCUT2D eigenvalue weighted by molar-refractivity contribution is 5.97. The molecule has 0 heterocycles. The van der Waals surface area contributed by atoms with Gasteiger partial charge in [0.15, 0.2) is 5.78 Å². The predicted molar refractivity (Wildman–Crippen MR) is 44.5 cm³/mol. The van der Waals surface area contributed by atoms with Crippen molar-refractivity contribution in [3.63, 3.8) is 0 Å². The summed E-state index contributed by atoms with van der Waals surface area (Å²) in [5, 5.41) is 10.5. The Morgan fingerprint density at radius 2 is 1.92 bits per heavy atom. The summed E-state index contributed by atoms with van der Waals surface area (Å²) >= 11 is 0. The average Bonchev–Trinajstić information content (AvgIpc) is 2.05. The molecule has 0 N–H and O–H groups in total. The van der Waals surface area contributed by atoms with Gasteiger partial charge >= 0.3 is 0 Å². The van der Waals surface area contributed by atoms with E-state index in [1.165, 1.54) is 0 Å². The van der Waals surface area contributed by atoms with E-state index in [2.05, 4.69) is 6.58 Å². The number of benzene rings is 1. The Kier molecular flexibility index (Phi) is 2.64. The number of carbonyl (C=O) groups excluding carboxylic acids is 1. The van der Waals surface area contributed by atoms with Gasteiger partial charge in [-0.1, -0.05) is 30.3 Å². The fraction of sp³-hybridized carbons (Fsp3) is 0.100. The first-order chi connectivity index (χ1) is 5.70. The minimum atomic E-state index is -0.344. The van der Waals surface area contributed by atoms with Crippen LogP contribution in [0.4, 0.5) is 0 Å². The van der Waals surface area contributed by atoms with Gasteiger partial charge in [0.05, 0.1) is 0 Å². The van der Waals surface area contributed by atoms with Crippen LogP contribution in [0.5, 0.6) is 0 Å². The quantitative estimate of drug-likeness (QED) is 0.492. The zero-order valence-electron chi connectivity index (χ0n) is 6.62. The standard InChI is InChI=1S/C10H10O2/c1-8(11)7-10(12)9-5-3-2-4-6-9/h2-6,11H,1,7H2/p-1. The highest BCUT2D eigenvalue weighted by atomic mass is 16.3.